The molecule has 2 unspecified atom stereocenters. The molecule has 1 aromatic rings. The lowest BCUT2D eigenvalue weighted by molar-refractivity contribution is -0.0302. The molecule has 0 aromatic heterocycles. The standard InChI is InChI=1S/C15H21F2NO2/c1-19-9-7-18-10-11-4-3-8-20-15(11)12-5-2-6-13(16)14(12)17/h2,5-6,11,15,18H,3-4,7-10H2,1H3. The van der Waals surface area contributed by atoms with Gasteiger partial charge in [0.1, 0.15) is 0 Å². The van der Waals surface area contributed by atoms with Crippen molar-refractivity contribution in [2.45, 2.75) is 18.9 Å². The lowest BCUT2D eigenvalue weighted by Gasteiger charge is -2.32. The molecule has 0 bridgehead atoms. The van der Waals surface area contributed by atoms with Gasteiger partial charge in [-0.2, -0.15) is 0 Å². The minimum Gasteiger partial charge on any atom is -0.383 e. The average Bonchev–Trinajstić information content (AvgIpc) is 2.47. The summed E-state index contributed by atoms with van der Waals surface area (Å²) in [6.07, 6.45) is 1.51. The Kier molecular flexibility index (Phi) is 5.88. The first-order chi connectivity index (χ1) is 9.74. The number of methoxy groups -OCH3 is 1. The lowest BCUT2D eigenvalue weighted by Crippen LogP contribution is -2.33. The van der Waals surface area contributed by atoms with Crippen LogP contribution in [0, 0.1) is 17.6 Å². The Hall–Kier alpha value is -1.04. The molecule has 20 heavy (non-hydrogen) atoms. The summed E-state index contributed by atoms with van der Waals surface area (Å²) in [4.78, 5) is 0. The zero-order valence-corrected chi connectivity index (χ0v) is 11.7. The fourth-order valence-corrected chi connectivity index (χ4v) is 2.60. The van der Waals surface area contributed by atoms with Crippen molar-refractivity contribution in [1.29, 1.82) is 0 Å². The highest BCUT2D eigenvalue weighted by Gasteiger charge is 2.30. The van der Waals surface area contributed by atoms with E-state index in [2.05, 4.69) is 5.32 Å². The minimum atomic E-state index is -0.817. The Balaban J connectivity index is 2.04. The molecule has 112 valence electrons. The van der Waals surface area contributed by atoms with Gasteiger partial charge in [0.25, 0.3) is 0 Å². The van der Waals surface area contributed by atoms with Gasteiger partial charge in [-0.05, 0) is 18.9 Å². The number of benzene rings is 1. The molecule has 1 aliphatic rings. The Morgan fingerprint density at radius 3 is 3.05 bits per heavy atom. The summed E-state index contributed by atoms with van der Waals surface area (Å²) in [6.45, 7) is 2.68. The van der Waals surface area contributed by atoms with Crippen molar-refractivity contribution in [1.82, 2.24) is 5.32 Å². The molecule has 1 saturated heterocycles. The van der Waals surface area contributed by atoms with E-state index in [1.54, 1.807) is 13.2 Å². The van der Waals surface area contributed by atoms with Crippen molar-refractivity contribution >= 4 is 0 Å². The van der Waals surface area contributed by atoms with Gasteiger partial charge >= 0.3 is 0 Å². The van der Waals surface area contributed by atoms with Crippen LogP contribution in [0.5, 0.6) is 0 Å². The second kappa shape index (κ2) is 7.67. The molecular weight excluding hydrogens is 264 g/mol. The molecule has 1 N–H and O–H groups in total. The Morgan fingerprint density at radius 1 is 1.40 bits per heavy atom. The number of hydrogen-bond acceptors (Lipinski definition) is 3. The lowest BCUT2D eigenvalue weighted by atomic mass is 9.89. The maximum atomic E-state index is 13.9. The van der Waals surface area contributed by atoms with Crippen LogP contribution in [0.4, 0.5) is 8.78 Å². The molecule has 0 amide bonds. The number of nitrogens with one attached hydrogen (secondary N) is 1. The first-order valence-corrected chi connectivity index (χ1v) is 6.99. The van der Waals surface area contributed by atoms with Gasteiger partial charge in [0, 0.05) is 38.3 Å². The second-order valence-corrected chi connectivity index (χ2v) is 5.03. The smallest absolute Gasteiger partial charge is 0.164 e. The maximum absolute atomic E-state index is 13.9. The number of rotatable bonds is 6. The summed E-state index contributed by atoms with van der Waals surface area (Å²) < 4.78 is 37.9. The summed E-state index contributed by atoms with van der Waals surface area (Å²) in [5.74, 6) is -1.46. The molecule has 1 heterocycles. The molecule has 0 radical (unpaired) electrons. The van der Waals surface area contributed by atoms with Crippen molar-refractivity contribution < 1.29 is 18.3 Å². The molecule has 0 aliphatic carbocycles. The molecule has 5 heteroatoms. The van der Waals surface area contributed by atoms with Crippen LogP contribution < -0.4 is 5.32 Å². The Morgan fingerprint density at radius 2 is 2.25 bits per heavy atom. The Bertz CT molecular complexity index is 428. The summed E-state index contributed by atoms with van der Waals surface area (Å²) in [5, 5.41) is 3.27. The van der Waals surface area contributed by atoms with Gasteiger partial charge in [0.15, 0.2) is 11.6 Å². The van der Waals surface area contributed by atoms with E-state index in [-0.39, 0.29) is 12.0 Å². The zero-order valence-electron chi connectivity index (χ0n) is 11.7. The van der Waals surface area contributed by atoms with Gasteiger partial charge in [-0.15, -0.1) is 0 Å². The first kappa shape index (κ1) is 15.4. The van der Waals surface area contributed by atoms with Crippen LogP contribution in [-0.4, -0.2) is 33.4 Å². The van der Waals surface area contributed by atoms with E-state index in [0.717, 1.165) is 25.5 Å². The van der Waals surface area contributed by atoms with E-state index in [1.807, 2.05) is 0 Å². The van der Waals surface area contributed by atoms with Crippen LogP contribution in [0.15, 0.2) is 18.2 Å². The largest absolute Gasteiger partial charge is 0.383 e. The average molecular weight is 285 g/mol. The second-order valence-electron chi connectivity index (χ2n) is 5.03. The van der Waals surface area contributed by atoms with Crippen LogP contribution in [-0.2, 0) is 9.47 Å². The van der Waals surface area contributed by atoms with Crippen molar-refractivity contribution in [3.8, 4) is 0 Å². The monoisotopic (exact) mass is 285 g/mol. The molecule has 1 aromatic carbocycles. The van der Waals surface area contributed by atoms with Crippen molar-refractivity contribution in [2.24, 2.45) is 5.92 Å². The van der Waals surface area contributed by atoms with Crippen LogP contribution in [0.3, 0.4) is 0 Å². The molecule has 2 rings (SSSR count). The predicted octanol–water partition coefficient (Wildman–Crippen LogP) is 2.67. The van der Waals surface area contributed by atoms with E-state index in [1.165, 1.54) is 6.07 Å². The highest BCUT2D eigenvalue weighted by Crippen LogP contribution is 2.35. The van der Waals surface area contributed by atoms with E-state index in [0.29, 0.717) is 25.3 Å². The topological polar surface area (TPSA) is 30.5 Å². The third-order valence-corrected chi connectivity index (χ3v) is 3.62. The van der Waals surface area contributed by atoms with Crippen LogP contribution in [0.25, 0.3) is 0 Å². The molecule has 0 spiro atoms. The van der Waals surface area contributed by atoms with Crippen LogP contribution >= 0.6 is 0 Å². The van der Waals surface area contributed by atoms with Gasteiger partial charge < -0.3 is 14.8 Å². The fourth-order valence-electron chi connectivity index (χ4n) is 2.60. The zero-order chi connectivity index (χ0) is 14.4. The van der Waals surface area contributed by atoms with Gasteiger partial charge in [-0.3, -0.25) is 0 Å². The summed E-state index contributed by atoms with van der Waals surface area (Å²) >= 11 is 0. The molecule has 3 nitrogen and oxygen atoms in total. The molecule has 1 aliphatic heterocycles. The quantitative estimate of drug-likeness (QED) is 0.815. The van der Waals surface area contributed by atoms with E-state index in [4.69, 9.17) is 9.47 Å². The van der Waals surface area contributed by atoms with Gasteiger partial charge in [0.05, 0.1) is 12.7 Å². The molecule has 2 atom stereocenters. The van der Waals surface area contributed by atoms with Crippen LogP contribution in [0.2, 0.25) is 0 Å². The van der Waals surface area contributed by atoms with E-state index < -0.39 is 11.6 Å². The van der Waals surface area contributed by atoms with E-state index in [9.17, 15) is 8.78 Å². The molecule has 1 fully saturated rings. The molecular formula is C15H21F2NO2. The van der Waals surface area contributed by atoms with Crippen molar-refractivity contribution in [2.75, 3.05) is 33.4 Å². The normalized spacial score (nSPS) is 22.9. The maximum Gasteiger partial charge on any atom is 0.164 e. The van der Waals surface area contributed by atoms with Crippen molar-refractivity contribution in [3.63, 3.8) is 0 Å². The van der Waals surface area contributed by atoms with Gasteiger partial charge in [0.2, 0.25) is 0 Å². The Labute approximate surface area is 118 Å². The fraction of sp³-hybridized carbons (Fsp3) is 0.600. The van der Waals surface area contributed by atoms with Gasteiger partial charge in [-0.25, -0.2) is 8.78 Å². The first-order valence-electron chi connectivity index (χ1n) is 6.99. The van der Waals surface area contributed by atoms with Crippen molar-refractivity contribution in [3.05, 3.63) is 35.4 Å². The number of halogens is 2. The van der Waals surface area contributed by atoms with E-state index >= 15 is 0 Å². The summed E-state index contributed by atoms with van der Waals surface area (Å²) in [6, 6.07) is 4.27. The van der Waals surface area contributed by atoms with Gasteiger partial charge in [-0.1, -0.05) is 12.1 Å². The summed E-state index contributed by atoms with van der Waals surface area (Å²) in [7, 11) is 1.65. The summed E-state index contributed by atoms with van der Waals surface area (Å²) in [5.41, 5.74) is 0.322. The highest BCUT2D eigenvalue weighted by atomic mass is 19.2. The number of ether oxygens (including phenoxy) is 2. The minimum absolute atomic E-state index is 0.150. The third kappa shape index (κ3) is 3.75. The third-order valence-electron chi connectivity index (χ3n) is 3.62. The number of hydrogen-bond donors (Lipinski definition) is 1. The SMILES string of the molecule is COCCNCC1CCCOC1c1cccc(F)c1F. The van der Waals surface area contributed by atoms with Crippen LogP contribution in [0.1, 0.15) is 24.5 Å². The predicted molar refractivity (Wildman–Crippen MR) is 72.5 cm³/mol. The molecule has 0 saturated carbocycles. The highest BCUT2D eigenvalue weighted by molar-refractivity contribution is 5.22.